The van der Waals surface area contributed by atoms with E-state index in [0.717, 1.165) is 30.8 Å². The lowest BCUT2D eigenvalue weighted by Gasteiger charge is -2.08. The second-order valence-electron chi connectivity index (χ2n) is 4.43. The van der Waals surface area contributed by atoms with E-state index < -0.39 is 21.6 Å². The van der Waals surface area contributed by atoms with Gasteiger partial charge in [0.25, 0.3) is 5.91 Å². The quantitative estimate of drug-likeness (QED) is 0.816. The Balaban J connectivity index is 1.94. The van der Waals surface area contributed by atoms with Crippen molar-refractivity contribution < 1.29 is 22.3 Å². The average molecular weight is 360 g/mol. The first kappa shape index (κ1) is 17.1. The van der Waals surface area contributed by atoms with Crippen molar-refractivity contribution in [2.45, 2.75) is 5.16 Å². The topological polar surface area (TPSA) is 98.3 Å². The molecule has 2 rings (SSSR count). The molecule has 10 heteroatoms. The van der Waals surface area contributed by atoms with Gasteiger partial charge in [0.15, 0.2) is 12.4 Å². The number of anilines is 1. The number of rotatable bonds is 5. The van der Waals surface area contributed by atoms with Crippen LogP contribution in [-0.2, 0) is 14.6 Å². The number of sulfone groups is 1. The summed E-state index contributed by atoms with van der Waals surface area (Å²) in [7, 11) is -3.50. The molecular formula is C13H11ClFN3O4S. The Kier molecular flexibility index (Phi) is 5.12. The highest BCUT2D eigenvalue weighted by molar-refractivity contribution is 7.90. The van der Waals surface area contributed by atoms with Crippen molar-refractivity contribution in [1.82, 2.24) is 9.97 Å². The summed E-state index contributed by atoms with van der Waals surface area (Å²) in [5, 5.41) is 2.16. The zero-order chi connectivity index (χ0) is 17.0. The zero-order valence-electron chi connectivity index (χ0n) is 11.8. The number of amides is 1. The molecule has 2 aromatic rings. The van der Waals surface area contributed by atoms with Gasteiger partial charge in [0, 0.05) is 6.26 Å². The van der Waals surface area contributed by atoms with Crippen molar-refractivity contribution in [3.63, 3.8) is 0 Å². The minimum Gasteiger partial charge on any atom is -0.481 e. The summed E-state index contributed by atoms with van der Waals surface area (Å²) in [5.74, 6) is -0.934. The molecule has 1 N–H and O–H groups in total. The van der Waals surface area contributed by atoms with E-state index in [1.54, 1.807) is 0 Å². The van der Waals surface area contributed by atoms with Crippen LogP contribution in [0.3, 0.4) is 0 Å². The van der Waals surface area contributed by atoms with Crippen LogP contribution in [0.5, 0.6) is 5.75 Å². The molecule has 0 aliphatic rings. The van der Waals surface area contributed by atoms with Crippen LogP contribution in [0.2, 0.25) is 5.02 Å². The van der Waals surface area contributed by atoms with E-state index in [9.17, 15) is 17.6 Å². The van der Waals surface area contributed by atoms with Gasteiger partial charge in [0.1, 0.15) is 5.82 Å². The number of nitrogens with one attached hydrogen (secondary N) is 1. The third kappa shape index (κ3) is 4.86. The molecule has 1 heterocycles. The zero-order valence-corrected chi connectivity index (χ0v) is 13.4. The molecule has 0 bridgehead atoms. The molecule has 1 aromatic carbocycles. The summed E-state index contributed by atoms with van der Waals surface area (Å²) in [4.78, 5) is 19.0. The summed E-state index contributed by atoms with van der Waals surface area (Å²) in [6.45, 7) is -0.380. The number of halogens is 2. The second kappa shape index (κ2) is 6.88. The minimum absolute atomic E-state index is 0.0548. The van der Waals surface area contributed by atoms with E-state index in [-0.39, 0.29) is 28.2 Å². The summed E-state index contributed by atoms with van der Waals surface area (Å²) >= 11 is 5.78. The molecule has 1 amide bonds. The van der Waals surface area contributed by atoms with E-state index in [0.29, 0.717) is 0 Å². The molecule has 0 saturated heterocycles. The standard InChI is InChI=1S/C13H11ClFN3O4S/c1-23(20,21)13-16-5-9(6-17-13)22-7-12(19)18-11-3-2-8(15)4-10(11)14/h2-6H,7H2,1H3,(H,18,19). The number of hydrogen-bond donors (Lipinski definition) is 1. The maximum atomic E-state index is 12.9. The maximum Gasteiger partial charge on any atom is 0.262 e. The number of carbonyl (C=O) groups is 1. The molecule has 0 fully saturated rings. The lowest BCUT2D eigenvalue weighted by Crippen LogP contribution is -2.20. The van der Waals surface area contributed by atoms with Gasteiger partial charge < -0.3 is 10.1 Å². The van der Waals surface area contributed by atoms with Crippen molar-refractivity contribution in [3.05, 3.63) is 41.4 Å². The van der Waals surface area contributed by atoms with Crippen molar-refractivity contribution in [3.8, 4) is 5.75 Å². The van der Waals surface area contributed by atoms with Gasteiger partial charge >= 0.3 is 0 Å². The SMILES string of the molecule is CS(=O)(=O)c1ncc(OCC(=O)Nc2ccc(F)cc2Cl)cn1. The second-order valence-corrected chi connectivity index (χ2v) is 6.75. The Morgan fingerprint density at radius 1 is 1.35 bits per heavy atom. The highest BCUT2D eigenvalue weighted by Gasteiger charge is 2.11. The van der Waals surface area contributed by atoms with E-state index >= 15 is 0 Å². The van der Waals surface area contributed by atoms with Gasteiger partial charge in [-0.25, -0.2) is 22.8 Å². The summed E-state index contributed by atoms with van der Waals surface area (Å²) < 4.78 is 40.4. The van der Waals surface area contributed by atoms with Crippen LogP contribution in [-0.4, -0.2) is 37.2 Å². The fourth-order valence-corrected chi connectivity index (χ4v) is 2.20. The average Bonchev–Trinajstić information content (AvgIpc) is 2.47. The minimum atomic E-state index is -3.50. The third-order valence-corrected chi connectivity index (χ3v) is 3.70. The van der Waals surface area contributed by atoms with Gasteiger partial charge in [-0.1, -0.05) is 11.6 Å². The van der Waals surface area contributed by atoms with E-state index in [1.165, 1.54) is 6.07 Å². The first-order valence-electron chi connectivity index (χ1n) is 6.15. The van der Waals surface area contributed by atoms with E-state index in [2.05, 4.69) is 15.3 Å². The van der Waals surface area contributed by atoms with Crippen LogP contribution in [0, 0.1) is 5.82 Å². The molecule has 0 aliphatic heterocycles. The molecule has 0 saturated carbocycles. The van der Waals surface area contributed by atoms with Crippen LogP contribution in [0.15, 0.2) is 35.7 Å². The van der Waals surface area contributed by atoms with Crippen molar-refractivity contribution in [2.75, 3.05) is 18.2 Å². The Morgan fingerprint density at radius 3 is 2.57 bits per heavy atom. The van der Waals surface area contributed by atoms with E-state index in [4.69, 9.17) is 16.3 Å². The van der Waals surface area contributed by atoms with Crippen molar-refractivity contribution >= 4 is 33.0 Å². The molecule has 0 radical (unpaired) electrons. The monoisotopic (exact) mass is 359 g/mol. The number of hydrogen-bond acceptors (Lipinski definition) is 6. The molecule has 1 aromatic heterocycles. The number of nitrogens with zero attached hydrogens (tertiary/aromatic N) is 2. The van der Waals surface area contributed by atoms with Crippen LogP contribution in [0.4, 0.5) is 10.1 Å². The Morgan fingerprint density at radius 2 is 2.00 bits per heavy atom. The predicted molar refractivity (Wildman–Crippen MR) is 80.7 cm³/mol. The van der Waals surface area contributed by atoms with Gasteiger partial charge in [0.05, 0.1) is 23.1 Å². The van der Waals surface area contributed by atoms with Gasteiger partial charge in [-0.05, 0) is 18.2 Å². The molecule has 23 heavy (non-hydrogen) atoms. The Labute approximate surface area is 136 Å². The van der Waals surface area contributed by atoms with Crippen LogP contribution in [0.1, 0.15) is 0 Å². The van der Waals surface area contributed by atoms with Gasteiger partial charge in [-0.15, -0.1) is 0 Å². The maximum absolute atomic E-state index is 12.9. The number of aromatic nitrogens is 2. The Hall–Kier alpha value is -2.26. The van der Waals surface area contributed by atoms with Gasteiger partial charge in [-0.3, -0.25) is 4.79 Å². The molecule has 7 nitrogen and oxygen atoms in total. The number of benzene rings is 1. The lowest BCUT2D eigenvalue weighted by atomic mass is 10.3. The largest absolute Gasteiger partial charge is 0.481 e. The third-order valence-electron chi connectivity index (χ3n) is 2.51. The fraction of sp³-hybridized carbons (Fsp3) is 0.154. The molecule has 0 aliphatic carbocycles. The predicted octanol–water partition coefficient (Wildman–Crippen LogP) is 1.69. The first-order chi connectivity index (χ1) is 10.8. The normalized spacial score (nSPS) is 11.1. The van der Waals surface area contributed by atoms with Gasteiger partial charge in [0.2, 0.25) is 15.0 Å². The van der Waals surface area contributed by atoms with Crippen LogP contribution >= 0.6 is 11.6 Å². The first-order valence-corrected chi connectivity index (χ1v) is 8.42. The molecule has 0 unspecified atom stereocenters. The summed E-state index contributed by atoms with van der Waals surface area (Å²) in [6, 6.07) is 3.54. The Bertz CT molecular complexity index is 828. The van der Waals surface area contributed by atoms with Crippen molar-refractivity contribution in [2.24, 2.45) is 0 Å². The van der Waals surface area contributed by atoms with Crippen LogP contribution < -0.4 is 10.1 Å². The molecule has 122 valence electrons. The molecular weight excluding hydrogens is 349 g/mol. The van der Waals surface area contributed by atoms with E-state index in [1.807, 2.05) is 0 Å². The summed E-state index contributed by atoms with van der Waals surface area (Å²) in [6.07, 6.45) is 3.26. The number of ether oxygens (including phenoxy) is 1. The number of carbonyl (C=O) groups excluding carboxylic acids is 1. The highest BCUT2D eigenvalue weighted by atomic mass is 35.5. The van der Waals surface area contributed by atoms with Crippen molar-refractivity contribution in [1.29, 1.82) is 0 Å². The molecule has 0 spiro atoms. The fourth-order valence-electron chi connectivity index (χ4n) is 1.50. The molecule has 0 atom stereocenters. The summed E-state index contributed by atoms with van der Waals surface area (Å²) in [5.41, 5.74) is 0.241. The lowest BCUT2D eigenvalue weighted by molar-refractivity contribution is -0.118. The van der Waals surface area contributed by atoms with Crippen LogP contribution in [0.25, 0.3) is 0 Å². The highest BCUT2D eigenvalue weighted by Crippen LogP contribution is 2.22. The smallest absolute Gasteiger partial charge is 0.262 e. The van der Waals surface area contributed by atoms with Gasteiger partial charge in [-0.2, -0.15) is 0 Å².